The number of hydrogen-bond acceptors (Lipinski definition) is 3. The molecular weight excluding hydrogens is 194 g/mol. The van der Waals surface area contributed by atoms with E-state index in [0.29, 0.717) is 26.1 Å². The molecule has 0 spiro atoms. The summed E-state index contributed by atoms with van der Waals surface area (Å²) in [5.74, 6) is -0.121. The minimum atomic E-state index is -0.236. The van der Waals surface area contributed by atoms with Crippen LogP contribution in [0.15, 0.2) is 0 Å². The summed E-state index contributed by atoms with van der Waals surface area (Å²) in [5, 5.41) is 0. The summed E-state index contributed by atoms with van der Waals surface area (Å²) in [4.78, 5) is 24.3. The highest BCUT2D eigenvalue weighted by Crippen LogP contribution is 1.99. The van der Waals surface area contributed by atoms with Gasteiger partial charge < -0.3 is 9.64 Å². The molecule has 0 saturated carbocycles. The molecule has 0 unspecified atom stereocenters. The highest BCUT2D eigenvalue weighted by atomic mass is 16.5. The Morgan fingerprint density at radius 2 is 1.80 bits per heavy atom. The zero-order valence-electron chi connectivity index (χ0n) is 9.91. The minimum absolute atomic E-state index is 0.115. The molecule has 0 heterocycles. The third kappa shape index (κ3) is 6.10. The van der Waals surface area contributed by atoms with Crippen molar-refractivity contribution in [2.45, 2.75) is 40.0 Å². The zero-order chi connectivity index (χ0) is 11.7. The molecule has 0 aliphatic rings. The molecule has 0 aromatic rings. The largest absolute Gasteiger partial charge is 0.466 e. The van der Waals surface area contributed by atoms with Crippen LogP contribution in [0.3, 0.4) is 0 Å². The van der Waals surface area contributed by atoms with Gasteiger partial charge in [-0.05, 0) is 20.3 Å². The molecule has 0 aliphatic carbocycles. The van der Waals surface area contributed by atoms with Crippen LogP contribution in [0.5, 0.6) is 0 Å². The lowest BCUT2D eigenvalue weighted by molar-refractivity contribution is -0.144. The van der Waals surface area contributed by atoms with E-state index in [2.05, 4.69) is 0 Å². The summed E-state index contributed by atoms with van der Waals surface area (Å²) >= 11 is 0. The Morgan fingerprint density at radius 3 is 2.27 bits per heavy atom. The van der Waals surface area contributed by atoms with E-state index in [0.717, 1.165) is 6.42 Å². The molecule has 15 heavy (non-hydrogen) atoms. The van der Waals surface area contributed by atoms with Crippen LogP contribution in [0.4, 0.5) is 0 Å². The Hall–Kier alpha value is -1.06. The second-order valence-electron chi connectivity index (χ2n) is 3.28. The maximum atomic E-state index is 11.5. The van der Waals surface area contributed by atoms with Crippen molar-refractivity contribution in [3.63, 3.8) is 0 Å². The molecule has 0 aromatic heterocycles. The van der Waals surface area contributed by atoms with E-state index in [1.807, 2.05) is 13.8 Å². The van der Waals surface area contributed by atoms with E-state index >= 15 is 0 Å². The molecule has 0 N–H and O–H groups in total. The predicted octanol–water partition coefficient (Wildman–Crippen LogP) is 1.59. The Labute approximate surface area is 91.6 Å². The third-order valence-electron chi connectivity index (χ3n) is 2.09. The number of carbonyl (C=O) groups excluding carboxylic acids is 2. The standard InChI is InChI=1S/C11H21NO3/c1-4-7-10(13)12(5-2)9-8-11(14)15-6-3/h4-9H2,1-3H3. The number of ether oxygens (including phenoxy) is 1. The molecule has 1 amide bonds. The van der Waals surface area contributed by atoms with E-state index in [1.54, 1.807) is 11.8 Å². The molecule has 0 bridgehead atoms. The maximum absolute atomic E-state index is 11.5. The smallest absolute Gasteiger partial charge is 0.307 e. The van der Waals surface area contributed by atoms with Crippen LogP contribution in [-0.2, 0) is 14.3 Å². The summed E-state index contributed by atoms with van der Waals surface area (Å²) in [5.41, 5.74) is 0. The Balaban J connectivity index is 3.89. The van der Waals surface area contributed by atoms with Gasteiger partial charge in [0.1, 0.15) is 0 Å². The molecule has 4 nitrogen and oxygen atoms in total. The average molecular weight is 215 g/mol. The van der Waals surface area contributed by atoms with Crippen LogP contribution in [-0.4, -0.2) is 36.5 Å². The van der Waals surface area contributed by atoms with Gasteiger partial charge in [0.25, 0.3) is 0 Å². The minimum Gasteiger partial charge on any atom is -0.466 e. The molecule has 4 heteroatoms. The van der Waals surface area contributed by atoms with Gasteiger partial charge in [0.15, 0.2) is 0 Å². The van der Waals surface area contributed by atoms with Crippen molar-refractivity contribution in [2.75, 3.05) is 19.7 Å². The summed E-state index contributed by atoms with van der Waals surface area (Å²) in [6.07, 6.45) is 1.68. The lowest BCUT2D eigenvalue weighted by atomic mass is 10.3. The van der Waals surface area contributed by atoms with Crippen molar-refractivity contribution >= 4 is 11.9 Å². The summed E-state index contributed by atoms with van der Waals surface area (Å²) in [6.45, 7) is 7.17. The Kier molecular flexibility index (Phi) is 7.68. The predicted molar refractivity (Wildman–Crippen MR) is 58.4 cm³/mol. The summed E-state index contributed by atoms with van der Waals surface area (Å²) in [7, 11) is 0. The molecule has 0 aromatic carbocycles. The van der Waals surface area contributed by atoms with Crippen molar-refractivity contribution in [1.29, 1.82) is 0 Å². The number of amides is 1. The second-order valence-corrected chi connectivity index (χ2v) is 3.28. The fraction of sp³-hybridized carbons (Fsp3) is 0.818. The SMILES string of the molecule is CCCC(=O)N(CC)CCC(=O)OCC. The summed E-state index contributed by atoms with van der Waals surface area (Å²) < 4.78 is 4.80. The third-order valence-corrected chi connectivity index (χ3v) is 2.09. The van der Waals surface area contributed by atoms with Crippen LogP contribution >= 0.6 is 0 Å². The lowest BCUT2D eigenvalue weighted by Crippen LogP contribution is -2.32. The van der Waals surface area contributed by atoms with E-state index < -0.39 is 0 Å². The van der Waals surface area contributed by atoms with Gasteiger partial charge in [-0.2, -0.15) is 0 Å². The van der Waals surface area contributed by atoms with Gasteiger partial charge in [0, 0.05) is 19.5 Å². The number of nitrogens with zero attached hydrogens (tertiary/aromatic N) is 1. The van der Waals surface area contributed by atoms with Gasteiger partial charge in [0.05, 0.1) is 13.0 Å². The van der Waals surface area contributed by atoms with Gasteiger partial charge >= 0.3 is 5.97 Å². The average Bonchev–Trinajstić information content (AvgIpc) is 2.19. The molecule has 88 valence electrons. The normalized spacial score (nSPS) is 9.80. The first-order valence-electron chi connectivity index (χ1n) is 5.59. The van der Waals surface area contributed by atoms with Crippen LogP contribution in [0.1, 0.15) is 40.0 Å². The molecule has 0 atom stereocenters. The quantitative estimate of drug-likeness (QED) is 0.606. The lowest BCUT2D eigenvalue weighted by Gasteiger charge is -2.19. The fourth-order valence-electron chi connectivity index (χ4n) is 1.29. The molecule has 0 rings (SSSR count). The van der Waals surface area contributed by atoms with Crippen molar-refractivity contribution < 1.29 is 14.3 Å². The van der Waals surface area contributed by atoms with Gasteiger partial charge in [-0.15, -0.1) is 0 Å². The zero-order valence-corrected chi connectivity index (χ0v) is 9.91. The van der Waals surface area contributed by atoms with Crippen LogP contribution in [0, 0.1) is 0 Å². The van der Waals surface area contributed by atoms with Crippen molar-refractivity contribution in [3.05, 3.63) is 0 Å². The molecule has 0 radical (unpaired) electrons. The van der Waals surface area contributed by atoms with E-state index in [9.17, 15) is 9.59 Å². The van der Waals surface area contributed by atoms with Crippen molar-refractivity contribution in [2.24, 2.45) is 0 Å². The summed E-state index contributed by atoms with van der Waals surface area (Å²) in [6, 6.07) is 0. The van der Waals surface area contributed by atoms with Crippen LogP contribution in [0.2, 0.25) is 0 Å². The molecule has 0 aliphatic heterocycles. The highest BCUT2D eigenvalue weighted by Gasteiger charge is 2.12. The first-order valence-corrected chi connectivity index (χ1v) is 5.59. The maximum Gasteiger partial charge on any atom is 0.307 e. The molecular formula is C11H21NO3. The van der Waals surface area contributed by atoms with Gasteiger partial charge in [-0.1, -0.05) is 6.92 Å². The number of rotatable bonds is 7. The van der Waals surface area contributed by atoms with Gasteiger partial charge in [0.2, 0.25) is 5.91 Å². The molecule has 0 fully saturated rings. The first kappa shape index (κ1) is 13.9. The number of hydrogen-bond donors (Lipinski definition) is 0. The topological polar surface area (TPSA) is 46.6 Å². The number of carbonyl (C=O) groups is 2. The van der Waals surface area contributed by atoms with E-state index in [-0.39, 0.29) is 18.3 Å². The second kappa shape index (κ2) is 8.26. The Morgan fingerprint density at radius 1 is 1.13 bits per heavy atom. The van der Waals surface area contributed by atoms with Gasteiger partial charge in [-0.25, -0.2) is 0 Å². The van der Waals surface area contributed by atoms with Crippen molar-refractivity contribution in [1.82, 2.24) is 4.90 Å². The highest BCUT2D eigenvalue weighted by molar-refractivity contribution is 5.77. The van der Waals surface area contributed by atoms with Crippen LogP contribution in [0.25, 0.3) is 0 Å². The van der Waals surface area contributed by atoms with Gasteiger partial charge in [-0.3, -0.25) is 9.59 Å². The molecule has 0 saturated heterocycles. The van der Waals surface area contributed by atoms with Crippen LogP contribution < -0.4 is 0 Å². The Bertz CT molecular complexity index is 204. The fourth-order valence-corrected chi connectivity index (χ4v) is 1.29. The van der Waals surface area contributed by atoms with E-state index in [4.69, 9.17) is 4.74 Å². The monoisotopic (exact) mass is 215 g/mol. The van der Waals surface area contributed by atoms with Crippen molar-refractivity contribution in [3.8, 4) is 0 Å². The number of esters is 1. The van der Waals surface area contributed by atoms with E-state index in [1.165, 1.54) is 0 Å². The first-order chi connectivity index (χ1) is 7.15.